The molecule has 1 fully saturated rings. The SMILES string of the molecule is C=C1C(=O)NC(=O)N1c1ccc(Cc2ccc(Cl)cc2)cc1. The molecule has 0 radical (unpaired) electrons. The van der Waals surface area contributed by atoms with Crippen molar-refractivity contribution in [3.8, 4) is 0 Å². The predicted octanol–water partition coefficient (Wildman–Crippen LogP) is 3.50. The first-order chi connectivity index (χ1) is 10.5. The van der Waals surface area contributed by atoms with Gasteiger partial charge in [-0.1, -0.05) is 42.4 Å². The van der Waals surface area contributed by atoms with Gasteiger partial charge in [-0.25, -0.2) is 4.79 Å². The first-order valence-corrected chi connectivity index (χ1v) is 7.10. The molecule has 1 aliphatic heterocycles. The second-order valence-corrected chi connectivity index (χ2v) is 5.45. The second kappa shape index (κ2) is 5.66. The Morgan fingerprint density at radius 1 is 0.955 bits per heavy atom. The van der Waals surface area contributed by atoms with Crippen LogP contribution in [-0.2, 0) is 11.2 Å². The van der Waals surface area contributed by atoms with Crippen LogP contribution in [0.4, 0.5) is 10.5 Å². The Bertz CT molecular complexity index is 751. The molecule has 1 heterocycles. The number of benzene rings is 2. The van der Waals surface area contributed by atoms with Gasteiger partial charge in [-0.2, -0.15) is 0 Å². The van der Waals surface area contributed by atoms with E-state index in [4.69, 9.17) is 11.6 Å². The van der Waals surface area contributed by atoms with Crippen LogP contribution >= 0.6 is 11.6 Å². The Labute approximate surface area is 133 Å². The minimum Gasteiger partial charge on any atom is -0.272 e. The fraction of sp³-hybridized carbons (Fsp3) is 0.0588. The molecule has 0 unspecified atom stereocenters. The molecule has 5 heteroatoms. The van der Waals surface area contributed by atoms with E-state index < -0.39 is 11.9 Å². The van der Waals surface area contributed by atoms with Crippen LogP contribution in [0.1, 0.15) is 11.1 Å². The normalized spacial score (nSPS) is 14.4. The third-order valence-corrected chi connectivity index (χ3v) is 3.72. The van der Waals surface area contributed by atoms with Crippen LogP contribution in [-0.4, -0.2) is 11.9 Å². The minimum atomic E-state index is -0.472. The molecular formula is C17H13ClN2O2. The van der Waals surface area contributed by atoms with E-state index in [0.717, 1.165) is 17.5 Å². The average Bonchev–Trinajstić information content (AvgIpc) is 2.76. The van der Waals surface area contributed by atoms with Gasteiger partial charge in [0.15, 0.2) is 0 Å². The number of nitrogens with one attached hydrogen (secondary N) is 1. The zero-order valence-corrected chi connectivity index (χ0v) is 12.4. The number of carbonyl (C=O) groups is 2. The van der Waals surface area contributed by atoms with Gasteiger partial charge in [0.05, 0.1) is 5.69 Å². The maximum absolute atomic E-state index is 11.7. The highest BCUT2D eigenvalue weighted by molar-refractivity contribution is 6.30. The van der Waals surface area contributed by atoms with Crippen molar-refractivity contribution in [2.45, 2.75) is 6.42 Å². The van der Waals surface area contributed by atoms with Gasteiger partial charge in [-0.3, -0.25) is 15.0 Å². The molecule has 0 aromatic heterocycles. The first kappa shape index (κ1) is 14.4. The van der Waals surface area contributed by atoms with E-state index in [1.807, 2.05) is 36.4 Å². The van der Waals surface area contributed by atoms with E-state index in [2.05, 4.69) is 11.9 Å². The first-order valence-electron chi connectivity index (χ1n) is 6.72. The van der Waals surface area contributed by atoms with E-state index in [9.17, 15) is 9.59 Å². The number of amides is 3. The summed E-state index contributed by atoms with van der Waals surface area (Å²) in [7, 11) is 0. The van der Waals surface area contributed by atoms with Crippen molar-refractivity contribution in [3.05, 3.63) is 77.0 Å². The molecule has 1 aliphatic rings. The van der Waals surface area contributed by atoms with Crippen LogP contribution in [0.15, 0.2) is 60.8 Å². The highest BCUT2D eigenvalue weighted by Gasteiger charge is 2.32. The number of anilines is 1. The van der Waals surface area contributed by atoms with Gasteiger partial charge in [0.2, 0.25) is 0 Å². The molecule has 3 rings (SSSR count). The standard InChI is InChI=1S/C17H13ClN2O2/c1-11-16(21)19-17(22)20(11)15-8-4-13(5-9-15)10-12-2-6-14(18)7-3-12/h2-9H,1,10H2,(H,19,21,22). The average molecular weight is 313 g/mol. The van der Waals surface area contributed by atoms with E-state index >= 15 is 0 Å². The summed E-state index contributed by atoms with van der Waals surface area (Å²) in [5.74, 6) is -0.463. The third kappa shape index (κ3) is 2.73. The number of imide groups is 1. The van der Waals surface area contributed by atoms with Crippen molar-refractivity contribution < 1.29 is 9.59 Å². The molecule has 3 amide bonds. The van der Waals surface area contributed by atoms with Crippen molar-refractivity contribution in [2.24, 2.45) is 0 Å². The molecule has 2 aromatic carbocycles. The zero-order valence-electron chi connectivity index (χ0n) is 11.7. The second-order valence-electron chi connectivity index (χ2n) is 5.01. The Morgan fingerprint density at radius 2 is 1.50 bits per heavy atom. The molecule has 0 atom stereocenters. The van der Waals surface area contributed by atoms with Gasteiger partial charge in [-0.15, -0.1) is 0 Å². The number of rotatable bonds is 3. The number of carbonyl (C=O) groups excluding carboxylic acids is 2. The monoisotopic (exact) mass is 312 g/mol. The molecule has 110 valence electrons. The number of hydrogen-bond donors (Lipinski definition) is 1. The Kier molecular flexibility index (Phi) is 3.69. The van der Waals surface area contributed by atoms with E-state index in [0.29, 0.717) is 10.7 Å². The lowest BCUT2D eigenvalue weighted by atomic mass is 10.0. The fourth-order valence-corrected chi connectivity index (χ4v) is 2.45. The number of nitrogens with zero attached hydrogens (tertiary/aromatic N) is 1. The lowest BCUT2D eigenvalue weighted by molar-refractivity contribution is -0.115. The molecule has 0 bridgehead atoms. The summed E-state index contributed by atoms with van der Waals surface area (Å²) in [5, 5.41) is 2.92. The summed E-state index contributed by atoms with van der Waals surface area (Å²) in [6.45, 7) is 3.62. The summed E-state index contributed by atoms with van der Waals surface area (Å²) in [6.07, 6.45) is 0.767. The van der Waals surface area contributed by atoms with Gasteiger partial charge in [0, 0.05) is 5.02 Å². The van der Waals surface area contributed by atoms with E-state index in [1.54, 1.807) is 12.1 Å². The van der Waals surface area contributed by atoms with Crippen LogP contribution in [0.5, 0.6) is 0 Å². The van der Waals surface area contributed by atoms with Gasteiger partial charge >= 0.3 is 6.03 Å². The number of urea groups is 1. The lowest BCUT2D eigenvalue weighted by Crippen LogP contribution is -2.27. The summed E-state index contributed by atoms with van der Waals surface area (Å²) < 4.78 is 0. The molecule has 4 nitrogen and oxygen atoms in total. The maximum atomic E-state index is 11.7. The summed E-state index contributed by atoms with van der Waals surface area (Å²) in [4.78, 5) is 24.4. The number of hydrogen-bond acceptors (Lipinski definition) is 2. The van der Waals surface area contributed by atoms with Gasteiger partial charge in [0.1, 0.15) is 5.70 Å². The van der Waals surface area contributed by atoms with E-state index in [-0.39, 0.29) is 5.70 Å². The summed E-state index contributed by atoms with van der Waals surface area (Å²) in [6, 6.07) is 14.6. The molecule has 22 heavy (non-hydrogen) atoms. The van der Waals surface area contributed by atoms with Gasteiger partial charge in [-0.05, 0) is 41.8 Å². The maximum Gasteiger partial charge on any atom is 0.333 e. The van der Waals surface area contributed by atoms with Crippen LogP contribution < -0.4 is 10.2 Å². The van der Waals surface area contributed by atoms with Crippen molar-refractivity contribution in [1.29, 1.82) is 0 Å². The molecule has 1 saturated heterocycles. The Balaban J connectivity index is 1.78. The summed E-state index contributed by atoms with van der Waals surface area (Å²) >= 11 is 5.87. The zero-order chi connectivity index (χ0) is 15.7. The van der Waals surface area contributed by atoms with Crippen LogP contribution in [0.25, 0.3) is 0 Å². The van der Waals surface area contributed by atoms with Crippen molar-refractivity contribution in [3.63, 3.8) is 0 Å². The molecule has 0 spiro atoms. The molecule has 1 N–H and O–H groups in total. The van der Waals surface area contributed by atoms with Crippen molar-refractivity contribution in [1.82, 2.24) is 5.32 Å². The number of halogens is 1. The Morgan fingerprint density at radius 3 is 2.00 bits per heavy atom. The van der Waals surface area contributed by atoms with Crippen molar-refractivity contribution >= 4 is 29.2 Å². The van der Waals surface area contributed by atoms with E-state index in [1.165, 1.54) is 4.90 Å². The van der Waals surface area contributed by atoms with Gasteiger partial charge < -0.3 is 0 Å². The molecule has 2 aromatic rings. The highest BCUT2D eigenvalue weighted by atomic mass is 35.5. The predicted molar refractivity (Wildman–Crippen MR) is 85.9 cm³/mol. The van der Waals surface area contributed by atoms with Crippen molar-refractivity contribution in [2.75, 3.05) is 4.90 Å². The largest absolute Gasteiger partial charge is 0.333 e. The van der Waals surface area contributed by atoms with Crippen LogP contribution in [0.2, 0.25) is 5.02 Å². The topological polar surface area (TPSA) is 49.4 Å². The minimum absolute atomic E-state index is 0.135. The molecular weight excluding hydrogens is 300 g/mol. The quantitative estimate of drug-likeness (QED) is 0.696. The summed E-state index contributed by atoms with van der Waals surface area (Å²) in [5.41, 5.74) is 3.00. The smallest absolute Gasteiger partial charge is 0.272 e. The fourth-order valence-electron chi connectivity index (χ4n) is 2.32. The molecule has 0 aliphatic carbocycles. The molecule has 0 saturated carbocycles. The van der Waals surface area contributed by atoms with Gasteiger partial charge in [0.25, 0.3) is 5.91 Å². The third-order valence-electron chi connectivity index (χ3n) is 3.47. The van der Waals surface area contributed by atoms with Crippen LogP contribution in [0.3, 0.4) is 0 Å². The highest BCUT2D eigenvalue weighted by Crippen LogP contribution is 2.23. The Hall–Kier alpha value is -2.59. The van der Waals surface area contributed by atoms with Crippen LogP contribution in [0, 0.1) is 0 Å². The lowest BCUT2D eigenvalue weighted by Gasteiger charge is -2.14.